The molecule has 0 N–H and O–H groups in total. The molecule has 0 saturated carbocycles. The maximum absolute atomic E-state index is 11.7. The third-order valence-electron chi connectivity index (χ3n) is 2.77. The highest BCUT2D eigenvalue weighted by molar-refractivity contribution is 5.67. The van der Waals surface area contributed by atoms with Gasteiger partial charge in [-0.25, -0.2) is 4.79 Å². The van der Waals surface area contributed by atoms with Gasteiger partial charge in [-0.3, -0.25) is 4.90 Å². The van der Waals surface area contributed by atoms with Crippen LogP contribution in [-0.2, 0) is 14.2 Å². The van der Waals surface area contributed by atoms with Crippen LogP contribution in [0.25, 0.3) is 0 Å². The average molecular weight is 245 g/mol. The molecule has 0 aromatic heterocycles. The lowest BCUT2D eigenvalue weighted by atomic mass is 10.1. The highest BCUT2D eigenvalue weighted by atomic mass is 16.6. The molecule has 0 aromatic carbocycles. The Morgan fingerprint density at radius 3 is 2.47 bits per heavy atom. The van der Waals surface area contributed by atoms with Crippen LogP contribution < -0.4 is 0 Å². The molecule has 1 rings (SSSR count). The summed E-state index contributed by atoms with van der Waals surface area (Å²) in [6.45, 7) is 8.02. The molecule has 0 aromatic rings. The third kappa shape index (κ3) is 4.16. The molecule has 1 fully saturated rings. The van der Waals surface area contributed by atoms with Crippen molar-refractivity contribution >= 4 is 6.09 Å². The largest absolute Gasteiger partial charge is 0.450 e. The van der Waals surface area contributed by atoms with Gasteiger partial charge in [-0.05, 0) is 27.2 Å². The van der Waals surface area contributed by atoms with Gasteiger partial charge in [-0.1, -0.05) is 0 Å². The van der Waals surface area contributed by atoms with E-state index in [9.17, 15) is 4.79 Å². The fraction of sp³-hybridized carbons (Fsp3) is 0.917. The van der Waals surface area contributed by atoms with E-state index in [2.05, 4.69) is 0 Å². The summed E-state index contributed by atoms with van der Waals surface area (Å²) in [6, 6.07) is 0. The number of amides is 1. The van der Waals surface area contributed by atoms with Crippen molar-refractivity contribution in [3.8, 4) is 0 Å². The van der Waals surface area contributed by atoms with E-state index in [-0.39, 0.29) is 18.4 Å². The van der Waals surface area contributed by atoms with E-state index in [1.165, 1.54) is 0 Å². The summed E-state index contributed by atoms with van der Waals surface area (Å²) in [5.41, 5.74) is 0. The Hall–Kier alpha value is -0.810. The van der Waals surface area contributed by atoms with E-state index in [1.54, 1.807) is 11.8 Å². The molecule has 17 heavy (non-hydrogen) atoms. The number of ether oxygens (including phenoxy) is 3. The monoisotopic (exact) mass is 245 g/mol. The molecule has 1 saturated heterocycles. The van der Waals surface area contributed by atoms with Crippen LogP contribution in [-0.4, -0.2) is 49.7 Å². The molecule has 1 aliphatic heterocycles. The molecule has 5 nitrogen and oxygen atoms in total. The molecule has 0 bridgehead atoms. The molecule has 0 radical (unpaired) electrons. The summed E-state index contributed by atoms with van der Waals surface area (Å²) in [7, 11) is 0. The minimum absolute atomic E-state index is 0.183. The SMILES string of the molecule is CCOC(=O)N1CC[C@H](OCC)C[C@H]1OCC. The van der Waals surface area contributed by atoms with E-state index in [0.29, 0.717) is 26.4 Å². The molecule has 100 valence electrons. The van der Waals surface area contributed by atoms with E-state index < -0.39 is 0 Å². The van der Waals surface area contributed by atoms with Gasteiger partial charge in [0.15, 0.2) is 0 Å². The number of carbonyl (C=O) groups excluding carboxylic acids is 1. The van der Waals surface area contributed by atoms with E-state index in [4.69, 9.17) is 14.2 Å². The van der Waals surface area contributed by atoms with Crippen LogP contribution in [0.5, 0.6) is 0 Å². The zero-order valence-electron chi connectivity index (χ0n) is 11.0. The van der Waals surface area contributed by atoms with Gasteiger partial charge in [0.25, 0.3) is 0 Å². The summed E-state index contributed by atoms with van der Waals surface area (Å²) >= 11 is 0. The minimum atomic E-state index is -0.291. The highest BCUT2D eigenvalue weighted by Crippen LogP contribution is 2.21. The van der Waals surface area contributed by atoms with Crippen molar-refractivity contribution in [2.75, 3.05) is 26.4 Å². The Balaban J connectivity index is 2.55. The molecule has 1 heterocycles. The summed E-state index contributed by atoms with van der Waals surface area (Å²) < 4.78 is 16.2. The van der Waals surface area contributed by atoms with Gasteiger partial charge in [0, 0.05) is 26.2 Å². The van der Waals surface area contributed by atoms with Gasteiger partial charge in [0.1, 0.15) is 6.23 Å². The number of hydrogen-bond acceptors (Lipinski definition) is 4. The van der Waals surface area contributed by atoms with E-state index in [1.807, 2.05) is 13.8 Å². The lowest BCUT2D eigenvalue weighted by molar-refractivity contribution is -0.108. The van der Waals surface area contributed by atoms with E-state index in [0.717, 1.165) is 12.8 Å². The normalized spacial score (nSPS) is 24.8. The highest BCUT2D eigenvalue weighted by Gasteiger charge is 2.33. The Kier molecular flexibility index (Phi) is 6.29. The van der Waals surface area contributed by atoms with Crippen LogP contribution in [0.2, 0.25) is 0 Å². The second-order valence-corrected chi connectivity index (χ2v) is 3.90. The van der Waals surface area contributed by atoms with Gasteiger partial charge < -0.3 is 14.2 Å². The van der Waals surface area contributed by atoms with Crippen molar-refractivity contribution in [1.29, 1.82) is 0 Å². The summed E-state index contributed by atoms with van der Waals surface area (Å²) in [5.74, 6) is 0. The third-order valence-corrected chi connectivity index (χ3v) is 2.77. The quantitative estimate of drug-likeness (QED) is 0.743. The van der Waals surface area contributed by atoms with Crippen LogP contribution in [0, 0.1) is 0 Å². The summed E-state index contributed by atoms with van der Waals surface area (Å²) in [4.78, 5) is 13.4. The smallest absolute Gasteiger partial charge is 0.411 e. The molecule has 5 heteroatoms. The van der Waals surface area contributed by atoms with Gasteiger partial charge >= 0.3 is 6.09 Å². The molecule has 0 unspecified atom stereocenters. The first-order valence-electron chi connectivity index (χ1n) is 6.39. The Labute approximate surface area is 103 Å². The molecule has 0 spiro atoms. The van der Waals surface area contributed by atoms with Crippen molar-refractivity contribution in [2.24, 2.45) is 0 Å². The van der Waals surface area contributed by atoms with Crippen molar-refractivity contribution in [2.45, 2.75) is 45.9 Å². The van der Waals surface area contributed by atoms with Crippen LogP contribution in [0.4, 0.5) is 4.79 Å². The molecule has 1 aliphatic rings. The van der Waals surface area contributed by atoms with Crippen molar-refractivity contribution in [3.05, 3.63) is 0 Å². The lowest BCUT2D eigenvalue weighted by Crippen LogP contribution is -2.49. The molecule has 1 amide bonds. The number of piperidine rings is 1. The van der Waals surface area contributed by atoms with Gasteiger partial charge in [0.2, 0.25) is 0 Å². The first-order chi connectivity index (χ1) is 8.22. The van der Waals surface area contributed by atoms with Crippen molar-refractivity contribution in [1.82, 2.24) is 4.90 Å². The van der Waals surface area contributed by atoms with Crippen LogP contribution in [0.1, 0.15) is 33.6 Å². The number of rotatable bonds is 5. The topological polar surface area (TPSA) is 48.0 Å². The number of likely N-dealkylation sites (tertiary alicyclic amines) is 1. The van der Waals surface area contributed by atoms with Crippen molar-refractivity contribution < 1.29 is 19.0 Å². The standard InChI is InChI=1S/C12H23NO4/c1-4-15-10-7-8-13(12(14)17-6-3)11(9-10)16-5-2/h10-11H,4-9H2,1-3H3/t10-,11+/m0/s1. The predicted octanol–water partition coefficient (Wildman–Crippen LogP) is 2.01. The summed E-state index contributed by atoms with van der Waals surface area (Å²) in [5, 5.41) is 0. The maximum Gasteiger partial charge on any atom is 0.411 e. The Bertz CT molecular complexity index is 235. The van der Waals surface area contributed by atoms with Crippen LogP contribution >= 0.6 is 0 Å². The zero-order chi connectivity index (χ0) is 12.7. The fourth-order valence-electron chi connectivity index (χ4n) is 2.05. The van der Waals surface area contributed by atoms with Gasteiger partial charge in [-0.15, -0.1) is 0 Å². The summed E-state index contributed by atoms with van der Waals surface area (Å²) in [6.07, 6.45) is 1.24. The molecule has 2 atom stereocenters. The number of carbonyl (C=O) groups is 1. The number of hydrogen-bond donors (Lipinski definition) is 0. The second-order valence-electron chi connectivity index (χ2n) is 3.90. The fourth-order valence-corrected chi connectivity index (χ4v) is 2.05. The zero-order valence-corrected chi connectivity index (χ0v) is 11.0. The molecule has 0 aliphatic carbocycles. The number of nitrogens with zero attached hydrogens (tertiary/aromatic N) is 1. The van der Waals surface area contributed by atoms with E-state index >= 15 is 0 Å². The minimum Gasteiger partial charge on any atom is -0.450 e. The van der Waals surface area contributed by atoms with Gasteiger partial charge in [-0.2, -0.15) is 0 Å². The van der Waals surface area contributed by atoms with Crippen LogP contribution in [0.15, 0.2) is 0 Å². The first kappa shape index (κ1) is 14.3. The molecular weight excluding hydrogens is 222 g/mol. The predicted molar refractivity (Wildman–Crippen MR) is 63.8 cm³/mol. The average Bonchev–Trinajstić information content (AvgIpc) is 2.30. The Morgan fingerprint density at radius 1 is 1.18 bits per heavy atom. The Morgan fingerprint density at radius 2 is 1.88 bits per heavy atom. The lowest BCUT2D eigenvalue weighted by Gasteiger charge is -2.37. The van der Waals surface area contributed by atoms with Crippen LogP contribution in [0.3, 0.4) is 0 Å². The maximum atomic E-state index is 11.7. The molecular formula is C12H23NO4. The van der Waals surface area contributed by atoms with Gasteiger partial charge in [0.05, 0.1) is 12.7 Å². The van der Waals surface area contributed by atoms with Crippen molar-refractivity contribution in [3.63, 3.8) is 0 Å². The first-order valence-corrected chi connectivity index (χ1v) is 6.39. The second kappa shape index (κ2) is 7.50.